The van der Waals surface area contributed by atoms with Gasteiger partial charge in [-0.2, -0.15) is 4.31 Å². The van der Waals surface area contributed by atoms with Crippen molar-refractivity contribution < 1.29 is 13.2 Å². The molecule has 0 aliphatic carbocycles. The van der Waals surface area contributed by atoms with Crippen LogP contribution in [0.5, 0.6) is 5.75 Å². The number of benzene rings is 1. The van der Waals surface area contributed by atoms with Crippen LogP contribution in [0.2, 0.25) is 0 Å². The summed E-state index contributed by atoms with van der Waals surface area (Å²) in [5, 5.41) is 0. The third-order valence-electron chi connectivity index (χ3n) is 3.91. The van der Waals surface area contributed by atoms with E-state index in [9.17, 15) is 8.42 Å². The molecular formula is C14H23N3O3S. The molecule has 1 saturated heterocycles. The first kappa shape index (κ1) is 16.2. The van der Waals surface area contributed by atoms with Crippen LogP contribution < -0.4 is 10.5 Å². The molecular weight excluding hydrogens is 290 g/mol. The standard InChI is InChI=1S/C14H23N3O3S/c1-20-13-5-3-12(4-6-13)14(11-15)16-7-9-17(10-8-16)21(2,18)19/h3-6,14H,7-11,15H2,1-2H3. The van der Waals surface area contributed by atoms with Crippen LogP contribution in [0.4, 0.5) is 0 Å². The van der Waals surface area contributed by atoms with Crippen molar-refractivity contribution in [2.45, 2.75) is 6.04 Å². The Morgan fingerprint density at radius 3 is 2.19 bits per heavy atom. The minimum atomic E-state index is -3.10. The van der Waals surface area contributed by atoms with Crippen molar-refractivity contribution in [3.05, 3.63) is 29.8 Å². The number of nitrogens with two attached hydrogens (primary N) is 1. The maximum absolute atomic E-state index is 11.5. The molecule has 6 nitrogen and oxygen atoms in total. The van der Waals surface area contributed by atoms with Crippen molar-refractivity contribution in [1.82, 2.24) is 9.21 Å². The molecule has 1 aromatic carbocycles. The third-order valence-corrected chi connectivity index (χ3v) is 5.21. The maximum atomic E-state index is 11.5. The molecule has 1 aliphatic rings. The molecule has 21 heavy (non-hydrogen) atoms. The van der Waals surface area contributed by atoms with Crippen molar-refractivity contribution >= 4 is 10.0 Å². The number of hydrogen-bond acceptors (Lipinski definition) is 5. The smallest absolute Gasteiger partial charge is 0.211 e. The molecule has 0 spiro atoms. The predicted molar refractivity (Wildman–Crippen MR) is 82.8 cm³/mol. The molecule has 1 unspecified atom stereocenters. The molecule has 1 fully saturated rings. The highest BCUT2D eigenvalue weighted by Crippen LogP contribution is 2.23. The molecule has 0 saturated carbocycles. The Hall–Kier alpha value is -1.15. The van der Waals surface area contributed by atoms with Crippen molar-refractivity contribution in [3.8, 4) is 5.75 Å². The quantitative estimate of drug-likeness (QED) is 0.844. The maximum Gasteiger partial charge on any atom is 0.211 e. The summed E-state index contributed by atoms with van der Waals surface area (Å²) in [6, 6.07) is 7.98. The van der Waals surface area contributed by atoms with Gasteiger partial charge in [0.2, 0.25) is 10.0 Å². The summed E-state index contributed by atoms with van der Waals surface area (Å²) in [4.78, 5) is 2.24. The number of ether oxygens (including phenoxy) is 1. The Bertz CT molecular complexity index is 551. The molecule has 0 radical (unpaired) electrons. The zero-order valence-electron chi connectivity index (χ0n) is 12.5. The summed E-state index contributed by atoms with van der Waals surface area (Å²) >= 11 is 0. The molecule has 1 aliphatic heterocycles. The molecule has 1 atom stereocenters. The number of piperazine rings is 1. The fourth-order valence-corrected chi connectivity index (χ4v) is 3.50. The molecule has 118 valence electrons. The van der Waals surface area contributed by atoms with Gasteiger partial charge in [0.1, 0.15) is 5.75 Å². The van der Waals surface area contributed by atoms with Gasteiger partial charge in [-0.3, -0.25) is 4.90 Å². The highest BCUT2D eigenvalue weighted by molar-refractivity contribution is 7.88. The number of rotatable bonds is 5. The van der Waals surface area contributed by atoms with Crippen LogP contribution in [0.1, 0.15) is 11.6 Å². The van der Waals surface area contributed by atoms with E-state index in [4.69, 9.17) is 10.5 Å². The monoisotopic (exact) mass is 313 g/mol. The summed E-state index contributed by atoms with van der Waals surface area (Å²) in [6.45, 7) is 2.93. The molecule has 0 amide bonds. The van der Waals surface area contributed by atoms with Gasteiger partial charge in [0.15, 0.2) is 0 Å². The van der Waals surface area contributed by atoms with Crippen LogP contribution in [0.15, 0.2) is 24.3 Å². The van der Waals surface area contributed by atoms with Gasteiger partial charge >= 0.3 is 0 Å². The van der Waals surface area contributed by atoms with Crippen molar-refractivity contribution in [2.75, 3.05) is 46.1 Å². The molecule has 7 heteroatoms. The lowest BCUT2D eigenvalue weighted by molar-refractivity contribution is 0.140. The Morgan fingerprint density at radius 2 is 1.76 bits per heavy atom. The summed E-state index contributed by atoms with van der Waals surface area (Å²) in [6.07, 6.45) is 1.26. The highest BCUT2D eigenvalue weighted by atomic mass is 32.2. The van der Waals surface area contributed by atoms with E-state index < -0.39 is 10.0 Å². The number of nitrogens with zero attached hydrogens (tertiary/aromatic N) is 2. The minimum absolute atomic E-state index is 0.109. The summed E-state index contributed by atoms with van der Waals surface area (Å²) < 4.78 is 29.8. The lowest BCUT2D eigenvalue weighted by Gasteiger charge is -2.38. The molecule has 0 bridgehead atoms. The fourth-order valence-electron chi connectivity index (χ4n) is 2.67. The van der Waals surface area contributed by atoms with Gasteiger partial charge in [-0.15, -0.1) is 0 Å². The van der Waals surface area contributed by atoms with E-state index in [0.29, 0.717) is 32.7 Å². The molecule has 1 heterocycles. The van der Waals surface area contributed by atoms with Crippen molar-refractivity contribution in [1.29, 1.82) is 0 Å². The summed E-state index contributed by atoms with van der Waals surface area (Å²) in [5.41, 5.74) is 7.05. The normalized spacial score (nSPS) is 19.4. The van der Waals surface area contributed by atoms with Gasteiger partial charge in [-0.1, -0.05) is 12.1 Å². The van der Waals surface area contributed by atoms with Gasteiger partial charge < -0.3 is 10.5 Å². The van der Waals surface area contributed by atoms with Crippen LogP contribution in [0.25, 0.3) is 0 Å². The topological polar surface area (TPSA) is 75.9 Å². The van der Waals surface area contributed by atoms with E-state index in [2.05, 4.69) is 4.90 Å². The lowest BCUT2D eigenvalue weighted by Crippen LogP contribution is -2.50. The van der Waals surface area contributed by atoms with Crippen molar-refractivity contribution in [2.24, 2.45) is 5.73 Å². The Balaban J connectivity index is 2.05. The molecule has 0 aromatic heterocycles. The number of hydrogen-bond donors (Lipinski definition) is 1. The zero-order chi connectivity index (χ0) is 15.5. The van der Waals surface area contributed by atoms with Gasteiger partial charge in [0, 0.05) is 38.8 Å². The van der Waals surface area contributed by atoms with Crippen LogP contribution in [-0.2, 0) is 10.0 Å². The first-order valence-corrected chi connectivity index (χ1v) is 8.83. The van der Waals surface area contributed by atoms with Crippen LogP contribution in [-0.4, -0.2) is 63.7 Å². The van der Waals surface area contributed by atoms with Gasteiger partial charge in [0.05, 0.1) is 13.4 Å². The van der Waals surface area contributed by atoms with Gasteiger partial charge in [-0.05, 0) is 17.7 Å². The molecule has 2 N–H and O–H groups in total. The summed E-state index contributed by atoms with van der Waals surface area (Å²) in [5.74, 6) is 0.816. The first-order chi connectivity index (χ1) is 9.95. The van der Waals surface area contributed by atoms with Gasteiger partial charge in [-0.25, -0.2) is 8.42 Å². The van der Waals surface area contributed by atoms with E-state index >= 15 is 0 Å². The highest BCUT2D eigenvalue weighted by Gasteiger charge is 2.27. The number of methoxy groups -OCH3 is 1. The first-order valence-electron chi connectivity index (χ1n) is 6.99. The van der Waals surface area contributed by atoms with E-state index in [1.165, 1.54) is 10.6 Å². The average Bonchev–Trinajstić information content (AvgIpc) is 2.48. The molecule has 1 aromatic rings. The van der Waals surface area contributed by atoms with Gasteiger partial charge in [0.25, 0.3) is 0 Å². The van der Waals surface area contributed by atoms with E-state index in [1.807, 2.05) is 24.3 Å². The fraction of sp³-hybridized carbons (Fsp3) is 0.571. The van der Waals surface area contributed by atoms with Crippen LogP contribution in [0.3, 0.4) is 0 Å². The van der Waals surface area contributed by atoms with E-state index in [-0.39, 0.29) is 6.04 Å². The molecule has 2 rings (SSSR count). The second kappa shape index (κ2) is 6.74. The summed E-state index contributed by atoms with van der Waals surface area (Å²) in [7, 11) is -1.46. The second-order valence-electron chi connectivity index (χ2n) is 5.22. The van der Waals surface area contributed by atoms with E-state index in [1.54, 1.807) is 7.11 Å². The largest absolute Gasteiger partial charge is 0.497 e. The lowest BCUT2D eigenvalue weighted by atomic mass is 10.0. The van der Waals surface area contributed by atoms with Crippen LogP contribution in [0, 0.1) is 0 Å². The minimum Gasteiger partial charge on any atom is -0.497 e. The van der Waals surface area contributed by atoms with Crippen LogP contribution >= 0.6 is 0 Å². The SMILES string of the molecule is COc1ccc(C(CN)N2CCN(S(C)(=O)=O)CC2)cc1. The second-order valence-corrected chi connectivity index (χ2v) is 7.21. The Kier molecular flexibility index (Phi) is 5.21. The predicted octanol–water partition coefficient (Wildman–Crippen LogP) is 0.272. The third kappa shape index (κ3) is 3.94. The Labute approximate surface area is 126 Å². The van der Waals surface area contributed by atoms with Crippen molar-refractivity contribution in [3.63, 3.8) is 0 Å². The number of sulfonamides is 1. The Morgan fingerprint density at radius 1 is 1.19 bits per heavy atom. The zero-order valence-corrected chi connectivity index (χ0v) is 13.3. The van der Waals surface area contributed by atoms with E-state index in [0.717, 1.165) is 11.3 Å². The average molecular weight is 313 g/mol.